The number of hydrogen-bond donors (Lipinski definition) is 1. The fourth-order valence-corrected chi connectivity index (χ4v) is 3.06. The molecular weight excluding hydrogens is 308 g/mol. The number of hydrogen-bond acceptors (Lipinski definition) is 6. The normalized spacial score (nSPS) is 14.7. The molecule has 0 saturated carbocycles. The number of nitro groups is 1. The van der Waals surface area contributed by atoms with Crippen LogP contribution in [0.25, 0.3) is 0 Å². The standard InChI is InChI=1S/C16H22N6O2/c1-12-19-16(22(23)24)15(20(12)2)18-11-13-7-6-8-17-14(13)21-9-4-3-5-10-21/h6-8,18H,3-5,9-11H2,1-2H3. The van der Waals surface area contributed by atoms with Crippen molar-refractivity contribution in [3.05, 3.63) is 39.8 Å². The molecule has 0 aromatic carbocycles. The van der Waals surface area contributed by atoms with Crippen molar-refractivity contribution >= 4 is 17.5 Å². The van der Waals surface area contributed by atoms with E-state index in [-0.39, 0.29) is 5.82 Å². The number of imidazole rings is 1. The van der Waals surface area contributed by atoms with Gasteiger partial charge >= 0.3 is 5.82 Å². The van der Waals surface area contributed by atoms with E-state index in [1.807, 2.05) is 12.1 Å². The quantitative estimate of drug-likeness (QED) is 0.669. The number of nitrogens with zero attached hydrogens (tertiary/aromatic N) is 5. The second kappa shape index (κ2) is 6.86. The third kappa shape index (κ3) is 3.17. The van der Waals surface area contributed by atoms with Crippen molar-refractivity contribution in [2.24, 2.45) is 7.05 Å². The number of piperidine rings is 1. The van der Waals surface area contributed by atoms with Crippen LogP contribution in [0.3, 0.4) is 0 Å². The molecule has 3 heterocycles. The molecule has 0 unspecified atom stereocenters. The molecule has 128 valence electrons. The number of aromatic nitrogens is 3. The van der Waals surface area contributed by atoms with Gasteiger partial charge in [0.2, 0.25) is 11.6 Å². The van der Waals surface area contributed by atoms with Gasteiger partial charge in [-0.05, 0) is 35.2 Å². The molecule has 1 fully saturated rings. The Labute approximate surface area is 140 Å². The van der Waals surface area contributed by atoms with Gasteiger partial charge in [0.15, 0.2) is 0 Å². The minimum Gasteiger partial charge on any atom is -0.360 e. The predicted octanol–water partition coefficient (Wildman–Crippen LogP) is 2.63. The van der Waals surface area contributed by atoms with E-state index in [1.54, 1.807) is 24.7 Å². The average Bonchev–Trinajstić information content (AvgIpc) is 2.89. The van der Waals surface area contributed by atoms with Gasteiger partial charge in [-0.15, -0.1) is 0 Å². The predicted molar refractivity (Wildman–Crippen MR) is 92.2 cm³/mol. The van der Waals surface area contributed by atoms with Crippen molar-refractivity contribution in [3.8, 4) is 0 Å². The maximum absolute atomic E-state index is 11.2. The number of rotatable bonds is 5. The molecular formula is C16H22N6O2. The van der Waals surface area contributed by atoms with E-state index < -0.39 is 4.92 Å². The average molecular weight is 330 g/mol. The summed E-state index contributed by atoms with van der Waals surface area (Å²) in [6, 6.07) is 3.91. The number of nitrogens with one attached hydrogen (secondary N) is 1. The minimum atomic E-state index is -0.454. The number of pyridine rings is 1. The summed E-state index contributed by atoms with van der Waals surface area (Å²) in [6.45, 7) is 4.24. The second-order valence-electron chi connectivity index (χ2n) is 6.03. The lowest BCUT2D eigenvalue weighted by Gasteiger charge is -2.29. The summed E-state index contributed by atoms with van der Waals surface area (Å²) >= 11 is 0. The highest BCUT2D eigenvalue weighted by molar-refractivity contribution is 5.55. The first-order valence-corrected chi connectivity index (χ1v) is 8.18. The molecule has 2 aromatic heterocycles. The fraction of sp³-hybridized carbons (Fsp3) is 0.500. The molecule has 8 nitrogen and oxygen atoms in total. The third-order valence-corrected chi connectivity index (χ3v) is 4.44. The van der Waals surface area contributed by atoms with Crippen LogP contribution >= 0.6 is 0 Å². The van der Waals surface area contributed by atoms with Gasteiger partial charge in [-0.2, -0.15) is 0 Å². The molecule has 2 aromatic rings. The summed E-state index contributed by atoms with van der Waals surface area (Å²) in [7, 11) is 1.77. The highest BCUT2D eigenvalue weighted by Crippen LogP contribution is 2.26. The Bertz CT molecular complexity index is 736. The van der Waals surface area contributed by atoms with E-state index >= 15 is 0 Å². The Balaban J connectivity index is 1.82. The molecule has 1 N–H and O–H groups in total. The Morgan fingerprint density at radius 3 is 2.79 bits per heavy atom. The van der Waals surface area contributed by atoms with Crippen LogP contribution in [0.2, 0.25) is 0 Å². The maximum atomic E-state index is 11.2. The number of anilines is 2. The van der Waals surface area contributed by atoms with Crippen LogP contribution in [-0.4, -0.2) is 32.5 Å². The molecule has 3 rings (SSSR count). The molecule has 0 amide bonds. The van der Waals surface area contributed by atoms with Gasteiger partial charge in [-0.25, -0.2) is 4.98 Å². The van der Waals surface area contributed by atoms with E-state index in [0.717, 1.165) is 24.5 Å². The van der Waals surface area contributed by atoms with Gasteiger partial charge in [-0.3, -0.25) is 4.57 Å². The molecule has 0 atom stereocenters. The largest absolute Gasteiger partial charge is 0.406 e. The van der Waals surface area contributed by atoms with E-state index in [0.29, 0.717) is 18.2 Å². The molecule has 0 radical (unpaired) electrons. The lowest BCUT2D eigenvalue weighted by atomic mass is 10.1. The van der Waals surface area contributed by atoms with Crippen LogP contribution in [0.15, 0.2) is 18.3 Å². The lowest BCUT2D eigenvalue weighted by Crippen LogP contribution is -2.31. The van der Waals surface area contributed by atoms with Crippen LogP contribution in [0.1, 0.15) is 30.7 Å². The molecule has 0 spiro atoms. The summed E-state index contributed by atoms with van der Waals surface area (Å²) < 4.78 is 1.70. The monoisotopic (exact) mass is 330 g/mol. The van der Waals surface area contributed by atoms with Crippen molar-refractivity contribution in [2.75, 3.05) is 23.3 Å². The highest BCUT2D eigenvalue weighted by atomic mass is 16.6. The van der Waals surface area contributed by atoms with Gasteiger partial charge < -0.3 is 20.3 Å². The molecule has 8 heteroatoms. The second-order valence-corrected chi connectivity index (χ2v) is 6.03. The summed E-state index contributed by atoms with van der Waals surface area (Å²) in [4.78, 5) is 21.6. The van der Waals surface area contributed by atoms with E-state index in [9.17, 15) is 10.1 Å². The van der Waals surface area contributed by atoms with Gasteiger partial charge in [-0.1, -0.05) is 6.07 Å². The van der Waals surface area contributed by atoms with Crippen molar-refractivity contribution in [1.29, 1.82) is 0 Å². The zero-order chi connectivity index (χ0) is 17.1. The van der Waals surface area contributed by atoms with Crippen molar-refractivity contribution in [3.63, 3.8) is 0 Å². The molecule has 1 aliphatic heterocycles. The molecule has 1 aliphatic rings. The van der Waals surface area contributed by atoms with Gasteiger partial charge in [0.25, 0.3) is 0 Å². The fourth-order valence-electron chi connectivity index (χ4n) is 3.06. The zero-order valence-corrected chi connectivity index (χ0v) is 14.0. The van der Waals surface area contributed by atoms with Crippen LogP contribution < -0.4 is 10.2 Å². The first-order valence-electron chi connectivity index (χ1n) is 8.18. The first-order chi connectivity index (χ1) is 11.6. The molecule has 0 bridgehead atoms. The van der Waals surface area contributed by atoms with Crippen LogP contribution in [0.4, 0.5) is 17.5 Å². The summed E-state index contributed by atoms with van der Waals surface area (Å²) in [5.74, 6) is 1.85. The Morgan fingerprint density at radius 1 is 1.33 bits per heavy atom. The van der Waals surface area contributed by atoms with Crippen LogP contribution in [-0.2, 0) is 13.6 Å². The smallest absolute Gasteiger partial charge is 0.360 e. The third-order valence-electron chi connectivity index (χ3n) is 4.44. The summed E-state index contributed by atoms with van der Waals surface area (Å²) in [5.41, 5.74) is 1.03. The maximum Gasteiger partial charge on any atom is 0.406 e. The van der Waals surface area contributed by atoms with Crippen molar-refractivity contribution in [2.45, 2.75) is 32.7 Å². The Morgan fingerprint density at radius 2 is 2.08 bits per heavy atom. The zero-order valence-electron chi connectivity index (χ0n) is 14.0. The van der Waals surface area contributed by atoms with Crippen molar-refractivity contribution in [1.82, 2.24) is 14.5 Å². The van der Waals surface area contributed by atoms with Crippen molar-refractivity contribution < 1.29 is 4.92 Å². The molecule has 0 aliphatic carbocycles. The first kappa shape index (κ1) is 16.2. The topological polar surface area (TPSA) is 89.1 Å². The van der Waals surface area contributed by atoms with E-state index in [2.05, 4.69) is 20.2 Å². The van der Waals surface area contributed by atoms with Gasteiger partial charge in [0.05, 0.1) is 0 Å². The van der Waals surface area contributed by atoms with Gasteiger partial charge in [0, 0.05) is 45.4 Å². The molecule has 24 heavy (non-hydrogen) atoms. The molecule has 1 saturated heterocycles. The van der Waals surface area contributed by atoms with E-state index in [4.69, 9.17) is 0 Å². The van der Waals surface area contributed by atoms with E-state index in [1.165, 1.54) is 19.3 Å². The summed E-state index contributed by atoms with van der Waals surface area (Å²) in [5, 5.41) is 14.4. The van der Waals surface area contributed by atoms with Gasteiger partial charge in [0.1, 0.15) is 5.82 Å². The van der Waals surface area contributed by atoms with Crippen LogP contribution in [0.5, 0.6) is 0 Å². The Kier molecular flexibility index (Phi) is 4.64. The lowest BCUT2D eigenvalue weighted by molar-refractivity contribution is -0.388. The highest BCUT2D eigenvalue weighted by Gasteiger charge is 2.24. The Hall–Kier alpha value is -2.64. The minimum absolute atomic E-state index is 0.140. The number of aryl methyl sites for hydroxylation is 1. The van der Waals surface area contributed by atoms with Crippen LogP contribution in [0, 0.1) is 17.0 Å². The summed E-state index contributed by atoms with van der Waals surface area (Å²) in [6.07, 6.45) is 5.41. The SMILES string of the molecule is Cc1nc([N+](=O)[O-])c(NCc2cccnc2N2CCCCC2)n1C.